The molecule has 0 aliphatic carbocycles. The van der Waals surface area contributed by atoms with Crippen LogP contribution in [0.1, 0.15) is 27.8 Å². The van der Waals surface area contributed by atoms with Crippen LogP contribution in [-0.4, -0.2) is 55.6 Å². The second-order valence-corrected chi connectivity index (χ2v) is 5.84. The molecule has 2 aromatic carbocycles. The third kappa shape index (κ3) is 4.38. The van der Waals surface area contributed by atoms with Crippen molar-refractivity contribution in [2.75, 3.05) is 49.8 Å². The monoisotopic (exact) mass is 406 g/mol. The van der Waals surface area contributed by atoms with Gasteiger partial charge in [-0.1, -0.05) is 0 Å². The maximum Gasteiger partial charge on any atom is 0.203 e. The van der Waals surface area contributed by atoms with Crippen LogP contribution in [0.15, 0.2) is 24.3 Å². The minimum absolute atomic E-state index is 0.306. The first-order valence-electron chi connectivity index (χ1n) is 8.65. The highest BCUT2D eigenvalue weighted by Gasteiger charge is 2.25. The Balaban J connectivity index is 2.71. The molecule has 8 nitrogen and oxygen atoms in total. The van der Waals surface area contributed by atoms with Crippen molar-refractivity contribution in [1.82, 2.24) is 0 Å². The lowest BCUT2D eigenvalue weighted by molar-refractivity contribution is -0.106. The van der Waals surface area contributed by atoms with E-state index in [1.54, 1.807) is 24.3 Å². The van der Waals surface area contributed by atoms with Gasteiger partial charge in [0.25, 0.3) is 0 Å². The van der Waals surface area contributed by atoms with Gasteiger partial charge in [0.15, 0.2) is 35.1 Å². The van der Waals surface area contributed by atoms with Crippen LogP contribution in [0.4, 0.5) is 0 Å². The lowest BCUT2D eigenvalue weighted by Gasteiger charge is -2.20. The number of carbonyl (C=O) groups is 1. The molecule has 0 heterocycles. The Morgan fingerprint density at radius 3 is 1.55 bits per heavy atom. The maximum absolute atomic E-state index is 13.4. The molecule has 0 atom stereocenters. The molecule has 0 unspecified atom stereocenters. The van der Waals surface area contributed by atoms with Crippen LogP contribution in [0.25, 0.3) is 0 Å². The zero-order valence-corrected chi connectivity index (χ0v) is 17.7. The van der Waals surface area contributed by atoms with E-state index >= 15 is 0 Å². The molecule has 158 valence electrons. The average Bonchev–Trinajstić information content (AvgIpc) is 2.77. The summed E-state index contributed by atoms with van der Waals surface area (Å²) in [5, 5.41) is 0. The molecule has 0 aliphatic rings. The Hall–Kier alpha value is -2.97. The fraction of sp³-hybridized carbons (Fsp3) is 0.381. The third-order valence-electron chi connectivity index (χ3n) is 4.41. The van der Waals surface area contributed by atoms with E-state index in [0.717, 1.165) is 0 Å². The summed E-state index contributed by atoms with van der Waals surface area (Å²) < 4.78 is 37.5. The van der Waals surface area contributed by atoms with E-state index in [2.05, 4.69) is 0 Å². The van der Waals surface area contributed by atoms with Crippen LogP contribution in [0, 0.1) is 0 Å². The van der Waals surface area contributed by atoms with E-state index in [9.17, 15) is 4.79 Å². The van der Waals surface area contributed by atoms with Crippen molar-refractivity contribution in [1.29, 1.82) is 0 Å². The zero-order chi connectivity index (χ0) is 21.6. The summed E-state index contributed by atoms with van der Waals surface area (Å²) in [6, 6.07) is 6.41. The number of benzene rings is 2. The Kier molecular flexibility index (Phi) is 7.69. The summed E-state index contributed by atoms with van der Waals surface area (Å²) in [6.45, 7) is 0. The van der Waals surface area contributed by atoms with Crippen molar-refractivity contribution in [2.24, 2.45) is 0 Å². The molecule has 0 radical (unpaired) electrons. The number of hydrogen-bond donors (Lipinski definition) is 0. The summed E-state index contributed by atoms with van der Waals surface area (Å²) in [6.07, 6.45) is -0.782. The van der Waals surface area contributed by atoms with Crippen LogP contribution in [0.5, 0.6) is 28.7 Å². The number of ketones is 1. The smallest absolute Gasteiger partial charge is 0.203 e. The molecule has 0 aliphatic heterocycles. The highest BCUT2D eigenvalue weighted by Crippen LogP contribution is 2.40. The average molecular weight is 406 g/mol. The summed E-state index contributed by atoms with van der Waals surface area (Å²) >= 11 is 0. The molecule has 0 saturated carbocycles. The van der Waals surface area contributed by atoms with Gasteiger partial charge in [-0.3, -0.25) is 4.79 Å². The molecule has 0 amide bonds. The van der Waals surface area contributed by atoms with Crippen LogP contribution in [0.3, 0.4) is 0 Å². The summed E-state index contributed by atoms with van der Waals surface area (Å²) in [4.78, 5) is 13.4. The van der Waals surface area contributed by atoms with Gasteiger partial charge in [-0.25, -0.2) is 0 Å². The lowest BCUT2D eigenvalue weighted by atomic mass is 9.96. The Morgan fingerprint density at radius 1 is 0.655 bits per heavy atom. The molecule has 0 N–H and O–H groups in total. The summed E-state index contributed by atoms with van der Waals surface area (Å²) in [5.74, 6) is 1.67. The standard InChI is InChI=1S/C21H26O8/c1-23-15-10-13(14(11-16(15)24-2)21(28-6)29-7)19(22)12-8-17(25-3)20(27-5)18(9-12)26-4/h8-11,21H,1-7H3. The van der Waals surface area contributed by atoms with E-state index < -0.39 is 6.29 Å². The number of carbonyl (C=O) groups excluding carboxylic acids is 1. The van der Waals surface area contributed by atoms with E-state index in [0.29, 0.717) is 45.4 Å². The van der Waals surface area contributed by atoms with Gasteiger partial charge in [-0.2, -0.15) is 0 Å². The van der Waals surface area contributed by atoms with Crippen molar-refractivity contribution in [3.8, 4) is 28.7 Å². The molecule has 0 spiro atoms. The fourth-order valence-corrected chi connectivity index (χ4v) is 3.00. The predicted molar refractivity (Wildman–Crippen MR) is 106 cm³/mol. The molecule has 2 rings (SSSR count). The minimum Gasteiger partial charge on any atom is -0.493 e. The van der Waals surface area contributed by atoms with Crippen molar-refractivity contribution >= 4 is 5.78 Å². The molecule has 8 heteroatoms. The van der Waals surface area contributed by atoms with Crippen LogP contribution in [-0.2, 0) is 9.47 Å². The second-order valence-electron chi connectivity index (χ2n) is 5.84. The number of methoxy groups -OCH3 is 7. The first kappa shape index (κ1) is 22.3. The largest absolute Gasteiger partial charge is 0.493 e. The fourth-order valence-electron chi connectivity index (χ4n) is 3.00. The van der Waals surface area contributed by atoms with Crippen molar-refractivity contribution in [2.45, 2.75) is 6.29 Å². The highest BCUT2D eigenvalue weighted by molar-refractivity contribution is 6.11. The van der Waals surface area contributed by atoms with Crippen LogP contribution in [0.2, 0.25) is 0 Å². The van der Waals surface area contributed by atoms with Gasteiger partial charge in [0.2, 0.25) is 5.75 Å². The Morgan fingerprint density at radius 2 is 1.14 bits per heavy atom. The number of ether oxygens (including phenoxy) is 7. The lowest BCUT2D eigenvalue weighted by Crippen LogP contribution is -2.13. The zero-order valence-electron chi connectivity index (χ0n) is 17.7. The highest BCUT2D eigenvalue weighted by atomic mass is 16.7. The van der Waals surface area contributed by atoms with Gasteiger partial charge in [0.1, 0.15) is 0 Å². The van der Waals surface area contributed by atoms with Gasteiger partial charge in [-0.05, 0) is 24.3 Å². The molecular weight excluding hydrogens is 380 g/mol. The number of rotatable bonds is 10. The van der Waals surface area contributed by atoms with Gasteiger partial charge >= 0.3 is 0 Å². The quantitative estimate of drug-likeness (QED) is 0.439. The van der Waals surface area contributed by atoms with E-state index in [-0.39, 0.29) is 5.78 Å². The molecule has 0 aromatic heterocycles. The minimum atomic E-state index is -0.782. The van der Waals surface area contributed by atoms with E-state index in [1.807, 2.05) is 0 Å². The topological polar surface area (TPSA) is 81.7 Å². The van der Waals surface area contributed by atoms with Gasteiger partial charge in [-0.15, -0.1) is 0 Å². The molecule has 2 aromatic rings. The Bertz CT molecular complexity index is 833. The predicted octanol–water partition coefficient (Wildman–Crippen LogP) is 3.25. The SMILES string of the molecule is COc1cc(C(=O)c2cc(OC)c(OC)c(OC)c2)c(C(OC)OC)cc1OC. The molecule has 0 saturated heterocycles. The van der Waals surface area contributed by atoms with Crippen LogP contribution >= 0.6 is 0 Å². The Labute approximate surface area is 170 Å². The molecular formula is C21H26O8. The first-order valence-corrected chi connectivity index (χ1v) is 8.65. The second kappa shape index (κ2) is 9.99. The normalized spacial score (nSPS) is 10.6. The van der Waals surface area contributed by atoms with Gasteiger partial charge in [0.05, 0.1) is 35.5 Å². The van der Waals surface area contributed by atoms with Crippen molar-refractivity contribution in [3.05, 3.63) is 41.0 Å². The van der Waals surface area contributed by atoms with Gasteiger partial charge < -0.3 is 33.2 Å². The summed E-state index contributed by atoms with van der Waals surface area (Å²) in [7, 11) is 10.4. The summed E-state index contributed by atoms with van der Waals surface area (Å²) in [5.41, 5.74) is 1.15. The number of hydrogen-bond acceptors (Lipinski definition) is 8. The molecule has 29 heavy (non-hydrogen) atoms. The van der Waals surface area contributed by atoms with E-state index in [1.165, 1.54) is 49.8 Å². The molecule has 0 fully saturated rings. The third-order valence-corrected chi connectivity index (χ3v) is 4.41. The van der Waals surface area contributed by atoms with Crippen molar-refractivity contribution in [3.63, 3.8) is 0 Å². The van der Waals surface area contributed by atoms with E-state index in [4.69, 9.17) is 33.2 Å². The van der Waals surface area contributed by atoms with Crippen molar-refractivity contribution < 1.29 is 38.0 Å². The molecule has 0 bridgehead atoms. The van der Waals surface area contributed by atoms with Gasteiger partial charge in [0, 0.05) is 30.9 Å². The van der Waals surface area contributed by atoms with Crippen LogP contribution < -0.4 is 23.7 Å². The first-order chi connectivity index (χ1) is 14.0. The maximum atomic E-state index is 13.4.